The third-order valence-corrected chi connectivity index (χ3v) is 4.85. The van der Waals surface area contributed by atoms with Gasteiger partial charge in [-0.15, -0.1) is 3.77 Å². The van der Waals surface area contributed by atoms with Crippen LogP contribution in [0.1, 0.15) is 5.56 Å². The molecule has 0 heterocycles. The van der Waals surface area contributed by atoms with E-state index in [4.69, 9.17) is 0 Å². The van der Waals surface area contributed by atoms with E-state index < -0.39 is 20.7 Å². The molecule has 1 aromatic carbocycles. The minimum Gasteiger partial charge on any atom is -0.199 e. The van der Waals surface area contributed by atoms with Crippen molar-refractivity contribution in [1.29, 1.82) is 0 Å². The molecule has 1 aromatic rings. The zero-order chi connectivity index (χ0) is 11.5. The van der Waals surface area contributed by atoms with Gasteiger partial charge in [0, 0.05) is 0 Å². The first-order valence-electron chi connectivity index (χ1n) is 4.28. The minimum absolute atomic E-state index is 0.231. The van der Waals surface area contributed by atoms with E-state index in [-0.39, 0.29) is 4.90 Å². The summed E-state index contributed by atoms with van der Waals surface area (Å²) >= 11 is 0. The minimum atomic E-state index is -3.52. The molecule has 0 radical (unpaired) electrons. The second kappa shape index (κ2) is 4.72. The van der Waals surface area contributed by atoms with Crippen molar-refractivity contribution >= 4 is 20.7 Å². The molecular formula is C10H13NO2S2. The Labute approximate surface area is 93.0 Å². The second-order valence-corrected chi connectivity index (χ2v) is 6.45. The molecule has 1 rings (SSSR count). The largest absolute Gasteiger partial charge is 0.288 e. The molecule has 0 amide bonds. The highest BCUT2D eigenvalue weighted by molar-refractivity contribution is 8.01. The highest BCUT2D eigenvalue weighted by Gasteiger charge is 2.11. The molecule has 82 valence electrons. The van der Waals surface area contributed by atoms with E-state index in [2.05, 4.69) is 10.3 Å². The molecule has 15 heavy (non-hydrogen) atoms. The van der Waals surface area contributed by atoms with Crippen molar-refractivity contribution in [3.05, 3.63) is 41.8 Å². The second-order valence-electron chi connectivity index (χ2n) is 3.05. The average Bonchev–Trinajstić information content (AvgIpc) is 2.17. The molecule has 0 unspecified atom stereocenters. The van der Waals surface area contributed by atoms with Crippen LogP contribution in [0.2, 0.25) is 0 Å². The summed E-state index contributed by atoms with van der Waals surface area (Å²) in [5.41, 5.74) is 1.02. The van der Waals surface area contributed by atoms with Gasteiger partial charge in [0.25, 0.3) is 10.0 Å². The third kappa shape index (κ3) is 3.28. The number of aryl methyl sites for hydroxylation is 1. The lowest BCUT2D eigenvalue weighted by Gasteiger charge is -2.00. The Balaban J connectivity index is 3.18. The van der Waals surface area contributed by atoms with Crippen LogP contribution < -0.4 is 0 Å². The molecule has 0 N–H and O–H groups in total. The molecule has 0 saturated carbocycles. The van der Waals surface area contributed by atoms with E-state index in [9.17, 15) is 8.42 Å². The van der Waals surface area contributed by atoms with Gasteiger partial charge in [0.05, 0.1) is 4.90 Å². The number of benzene rings is 1. The van der Waals surface area contributed by atoms with E-state index in [1.54, 1.807) is 30.5 Å². The molecule has 0 spiro atoms. The normalized spacial score (nSPS) is 13.7. The summed E-state index contributed by atoms with van der Waals surface area (Å²) in [6, 6.07) is 6.64. The fourth-order valence-electron chi connectivity index (χ4n) is 0.938. The highest BCUT2D eigenvalue weighted by Crippen LogP contribution is 2.13. The fourth-order valence-corrected chi connectivity index (χ4v) is 3.24. The standard InChI is InChI=1S/C10H13NO2S2/c1-4-14(3)11-15(12,13)10-7-5-9(2)6-8-10/h4-8H,1H2,2-3H3/t14-/m1/s1. The van der Waals surface area contributed by atoms with Gasteiger partial charge in [-0.2, -0.15) is 8.42 Å². The van der Waals surface area contributed by atoms with Crippen LogP contribution in [0.15, 0.2) is 44.9 Å². The maximum Gasteiger partial charge on any atom is 0.288 e. The zero-order valence-electron chi connectivity index (χ0n) is 8.67. The van der Waals surface area contributed by atoms with Crippen molar-refractivity contribution in [2.75, 3.05) is 6.26 Å². The van der Waals surface area contributed by atoms with Crippen molar-refractivity contribution in [2.24, 2.45) is 3.77 Å². The maximum atomic E-state index is 11.7. The Hall–Kier alpha value is -0.940. The van der Waals surface area contributed by atoms with Crippen LogP contribution in [0.25, 0.3) is 0 Å². The van der Waals surface area contributed by atoms with Gasteiger partial charge < -0.3 is 0 Å². The summed E-state index contributed by atoms with van der Waals surface area (Å²) in [6.45, 7) is 5.41. The Morgan fingerprint density at radius 3 is 2.33 bits per heavy atom. The first-order chi connectivity index (χ1) is 6.95. The number of sulfonamides is 1. The summed E-state index contributed by atoms with van der Waals surface area (Å²) in [5.74, 6) is 0. The summed E-state index contributed by atoms with van der Waals surface area (Å²) in [6.07, 6.45) is 1.71. The van der Waals surface area contributed by atoms with Gasteiger partial charge in [-0.1, -0.05) is 35.0 Å². The smallest absolute Gasteiger partial charge is 0.199 e. The topological polar surface area (TPSA) is 46.5 Å². The number of rotatable bonds is 3. The molecule has 0 aromatic heterocycles. The Kier molecular flexibility index (Phi) is 3.82. The van der Waals surface area contributed by atoms with Crippen molar-refractivity contribution in [3.8, 4) is 0 Å². The van der Waals surface area contributed by atoms with Gasteiger partial charge in [-0.25, -0.2) is 0 Å². The first kappa shape index (κ1) is 12.1. The monoisotopic (exact) mass is 243 g/mol. The predicted octanol–water partition coefficient (Wildman–Crippen LogP) is 2.26. The lowest BCUT2D eigenvalue weighted by atomic mass is 10.2. The number of hydrogen-bond acceptors (Lipinski definition) is 2. The molecule has 3 nitrogen and oxygen atoms in total. The molecule has 1 atom stereocenters. The maximum absolute atomic E-state index is 11.7. The van der Waals surface area contributed by atoms with Crippen LogP contribution >= 0.6 is 0 Å². The van der Waals surface area contributed by atoms with E-state index in [0.717, 1.165) is 5.56 Å². The first-order valence-corrected chi connectivity index (χ1v) is 7.37. The Morgan fingerprint density at radius 2 is 1.87 bits per heavy atom. The predicted molar refractivity (Wildman–Crippen MR) is 64.3 cm³/mol. The zero-order valence-corrected chi connectivity index (χ0v) is 10.3. The van der Waals surface area contributed by atoms with Crippen LogP contribution in [0, 0.1) is 6.92 Å². The molecule has 0 saturated heterocycles. The molecular weight excluding hydrogens is 230 g/mol. The van der Waals surface area contributed by atoms with Crippen LogP contribution in [0.5, 0.6) is 0 Å². The Bertz CT molecular complexity index is 487. The van der Waals surface area contributed by atoms with Crippen LogP contribution in [-0.4, -0.2) is 14.7 Å². The van der Waals surface area contributed by atoms with Crippen LogP contribution in [-0.2, 0) is 20.7 Å². The molecule has 0 aliphatic rings. The van der Waals surface area contributed by atoms with E-state index in [1.165, 1.54) is 5.41 Å². The van der Waals surface area contributed by atoms with E-state index >= 15 is 0 Å². The Morgan fingerprint density at radius 1 is 1.33 bits per heavy atom. The van der Waals surface area contributed by atoms with Gasteiger partial charge in [-0.05, 0) is 30.7 Å². The molecule has 0 fully saturated rings. The van der Waals surface area contributed by atoms with Gasteiger partial charge in [0.2, 0.25) is 0 Å². The van der Waals surface area contributed by atoms with Crippen molar-refractivity contribution in [1.82, 2.24) is 0 Å². The van der Waals surface area contributed by atoms with Crippen LogP contribution in [0.4, 0.5) is 0 Å². The number of nitrogens with zero attached hydrogens (tertiary/aromatic N) is 1. The summed E-state index contributed by atoms with van der Waals surface area (Å²) in [4.78, 5) is 0.231. The quantitative estimate of drug-likeness (QED) is 0.817. The van der Waals surface area contributed by atoms with Gasteiger partial charge in [0.1, 0.15) is 0 Å². The van der Waals surface area contributed by atoms with Gasteiger partial charge in [0.15, 0.2) is 0 Å². The fraction of sp³-hybridized carbons (Fsp3) is 0.200. The SMILES string of the molecule is C=C/[S@@](C)=N/S(=O)(=O)c1ccc(C)cc1. The van der Waals surface area contributed by atoms with Crippen molar-refractivity contribution in [3.63, 3.8) is 0 Å². The summed E-state index contributed by atoms with van der Waals surface area (Å²) in [5, 5.41) is 1.52. The summed E-state index contributed by atoms with van der Waals surface area (Å²) in [7, 11) is -4.17. The molecule has 0 bridgehead atoms. The van der Waals surface area contributed by atoms with Crippen molar-refractivity contribution in [2.45, 2.75) is 11.8 Å². The lowest BCUT2D eigenvalue weighted by molar-refractivity contribution is 0.598. The van der Waals surface area contributed by atoms with Crippen LogP contribution in [0.3, 0.4) is 0 Å². The summed E-state index contributed by atoms with van der Waals surface area (Å²) < 4.78 is 27.1. The number of hydrogen-bond donors (Lipinski definition) is 0. The van der Waals surface area contributed by atoms with E-state index in [0.29, 0.717) is 0 Å². The van der Waals surface area contributed by atoms with E-state index in [1.807, 2.05) is 6.92 Å². The van der Waals surface area contributed by atoms with Crippen molar-refractivity contribution < 1.29 is 8.42 Å². The highest BCUT2D eigenvalue weighted by atomic mass is 32.3. The lowest BCUT2D eigenvalue weighted by Crippen LogP contribution is -1.98. The molecule has 0 aliphatic carbocycles. The molecule has 0 aliphatic heterocycles. The average molecular weight is 243 g/mol. The van der Waals surface area contributed by atoms with Gasteiger partial charge in [-0.3, -0.25) is 0 Å². The molecule has 5 heteroatoms. The van der Waals surface area contributed by atoms with Gasteiger partial charge >= 0.3 is 0 Å². The third-order valence-electron chi connectivity index (χ3n) is 1.78.